The summed E-state index contributed by atoms with van der Waals surface area (Å²) in [5, 5.41) is 7.78. The second-order valence-electron chi connectivity index (χ2n) is 7.94. The van der Waals surface area contributed by atoms with Crippen LogP contribution in [0.5, 0.6) is 0 Å². The van der Waals surface area contributed by atoms with Crippen LogP contribution in [0.3, 0.4) is 0 Å². The molecule has 2 heterocycles. The van der Waals surface area contributed by atoms with Gasteiger partial charge >= 0.3 is 0 Å². The number of hydrogen-bond acceptors (Lipinski definition) is 4. The quantitative estimate of drug-likeness (QED) is 0.829. The highest BCUT2D eigenvalue weighted by atomic mass is 35.5. The molecule has 5 nitrogen and oxygen atoms in total. The molecule has 3 rings (SSSR count). The lowest BCUT2D eigenvalue weighted by Crippen LogP contribution is -2.43. The number of nitrogens with one attached hydrogen (secondary N) is 1. The Morgan fingerprint density at radius 1 is 1.42 bits per heavy atom. The zero-order valence-corrected chi connectivity index (χ0v) is 16.1. The highest BCUT2D eigenvalue weighted by molar-refractivity contribution is 6.30. The van der Waals surface area contributed by atoms with Crippen LogP contribution in [0.4, 0.5) is 0 Å². The van der Waals surface area contributed by atoms with Gasteiger partial charge in [-0.1, -0.05) is 49.5 Å². The predicted octanol–water partition coefficient (Wildman–Crippen LogP) is 2.89. The van der Waals surface area contributed by atoms with E-state index in [1.807, 2.05) is 29.2 Å². The molecule has 2 unspecified atom stereocenters. The number of amides is 1. The minimum Gasteiger partial charge on any atom is -0.375 e. The van der Waals surface area contributed by atoms with Gasteiger partial charge in [-0.25, -0.2) is 0 Å². The average Bonchev–Trinajstić information content (AvgIpc) is 3.14. The number of hydrogen-bond donors (Lipinski definition) is 1. The molecule has 0 aromatic heterocycles. The van der Waals surface area contributed by atoms with Crippen molar-refractivity contribution in [1.29, 1.82) is 0 Å². The van der Waals surface area contributed by atoms with E-state index in [4.69, 9.17) is 16.4 Å². The fourth-order valence-corrected chi connectivity index (χ4v) is 3.20. The Morgan fingerprint density at radius 3 is 2.96 bits per heavy atom. The van der Waals surface area contributed by atoms with Crippen LogP contribution in [-0.4, -0.2) is 42.4 Å². The second kappa shape index (κ2) is 7.69. The van der Waals surface area contributed by atoms with Crippen LogP contribution in [0, 0.1) is 23.2 Å². The average molecular weight is 374 g/mol. The van der Waals surface area contributed by atoms with E-state index < -0.39 is 0 Å². The molecule has 1 amide bonds. The minimum atomic E-state index is -0.195. The maximum Gasteiger partial charge on any atom is 0.234 e. The van der Waals surface area contributed by atoms with Crippen LogP contribution in [0.2, 0.25) is 5.02 Å². The van der Waals surface area contributed by atoms with Crippen molar-refractivity contribution in [3.63, 3.8) is 0 Å². The van der Waals surface area contributed by atoms with Gasteiger partial charge in [-0.2, -0.15) is 0 Å². The molecular formula is C20H24ClN3O2. The number of fused-ring (bicyclic) bond motifs is 1. The van der Waals surface area contributed by atoms with Crippen molar-refractivity contribution in [2.24, 2.45) is 16.5 Å². The largest absolute Gasteiger partial charge is 0.375 e. The van der Waals surface area contributed by atoms with Crippen LogP contribution in [0.25, 0.3) is 0 Å². The summed E-state index contributed by atoms with van der Waals surface area (Å²) < 4.78 is 0. The lowest BCUT2D eigenvalue weighted by Gasteiger charge is -2.23. The zero-order valence-electron chi connectivity index (χ0n) is 15.4. The van der Waals surface area contributed by atoms with Gasteiger partial charge in [-0.15, -0.1) is 0 Å². The Bertz CT molecular complexity index is 773. The Balaban J connectivity index is 1.56. The molecule has 1 fully saturated rings. The van der Waals surface area contributed by atoms with Gasteiger partial charge in [-0.3, -0.25) is 9.69 Å². The third kappa shape index (κ3) is 4.78. The van der Waals surface area contributed by atoms with Gasteiger partial charge in [0.1, 0.15) is 5.71 Å². The van der Waals surface area contributed by atoms with Crippen molar-refractivity contribution >= 4 is 23.2 Å². The van der Waals surface area contributed by atoms with Gasteiger partial charge in [0.05, 0.1) is 12.5 Å². The first-order chi connectivity index (χ1) is 12.3. The van der Waals surface area contributed by atoms with E-state index in [0.717, 1.165) is 24.2 Å². The van der Waals surface area contributed by atoms with E-state index in [1.54, 1.807) is 0 Å². The molecule has 0 spiro atoms. The summed E-state index contributed by atoms with van der Waals surface area (Å²) in [5.41, 5.74) is 1.66. The first-order valence-corrected chi connectivity index (χ1v) is 9.22. The number of likely N-dealkylation sites (tertiary alicyclic amines) is 1. The smallest absolute Gasteiger partial charge is 0.234 e. The number of oxime groups is 1. The van der Waals surface area contributed by atoms with Crippen molar-refractivity contribution in [3.8, 4) is 11.8 Å². The number of carbonyl (C=O) groups excluding carboxylic acids is 1. The molecule has 26 heavy (non-hydrogen) atoms. The molecule has 1 N–H and O–H groups in total. The third-order valence-electron chi connectivity index (χ3n) is 4.36. The summed E-state index contributed by atoms with van der Waals surface area (Å²) in [6.45, 7) is 8.06. The molecular weight excluding hydrogens is 350 g/mol. The molecule has 6 heteroatoms. The van der Waals surface area contributed by atoms with Crippen molar-refractivity contribution in [1.82, 2.24) is 10.2 Å². The summed E-state index contributed by atoms with van der Waals surface area (Å²) in [5.74, 6) is 6.33. The molecule has 0 bridgehead atoms. The van der Waals surface area contributed by atoms with Crippen molar-refractivity contribution in [3.05, 3.63) is 34.9 Å². The van der Waals surface area contributed by atoms with Gasteiger partial charge in [0.2, 0.25) is 5.91 Å². The van der Waals surface area contributed by atoms with E-state index in [0.29, 0.717) is 18.1 Å². The number of carbonyl (C=O) groups is 1. The Kier molecular flexibility index (Phi) is 5.55. The van der Waals surface area contributed by atoms with Crippen LogP contribution in [0.15, 0.2) is 29.4 Å². The number of nitrogens with zero attached hydrogens (tertiary/aromatic N) is 2. The van der Waals surface area contributed by atoms with Crippen molar-refractivity contribution in [2.45, 2.75) is 33.4 Å². The lowest BCUT2D eigenvalue weighted by atomic mass is 9.97. The lowest BCUT2D eigenvalue weighted by molar-refractivity contribution is -0.125. The number of benzene rings is 1. The van der Waals surface area contributed by atoms with E-state index in [9.17, 15) is 4.79 Å². The van der Waals surface area contributed by atoms with Gasteiger partial charge in [-0.05, 0) is 36.0 Å². The number of halogens is 1. The van der Waals surface area contributed by atoms with Crippen LogP contribution >= 0.6 is 11.6 Å². The fraction of sp³-hybridized carbons (Fsp3) is 0.500. The highest BCUT2D eigenvalue weighted by Gasteiger charge is 2.43. The minimum absolute atomic E-state index is 0.0163. The molecule has 138 valence electrons. The van der Waals surface area contributed by atoms with E-state index >= 15 is 0 Å². The molecule has 0 aliphatic carbocycles. The molecule has 1 aromatic rings. The maximum atomic E-state index is 12.2. The monoisotopic (exact) mass is 373 g/mol. The fourth-order valence-electron chi connectivity index (χ4n) is 3.01. The molecule has 2 aliphatic heterocycles. The standard InChI is InChI=1S/C20H24ClN3O2/c1-20(2,3)13-22-18(25)12-24-10-9-16-17(23-26-19(16)24)8-7-14-5-4-6-15(21)11-14/h4-6,11,16,19H,9-10,12-13H2,1-3H3,(H,22,25). The maximum absolute atomic E-state index is 12.2. The molecule has 1 saturated heterocycles. The molecule has 0 saturated carbocycles. The molecule has 1 aromatic carbocycles. The molecule has 2 atom stereocenters. The number of rotatable bonds is 3. The normalized spacial score (nSPS) is 22.1. The van der Waals surface area contributed by atoms with Crippen molar-refractivity contribution < 1.29 is 9.63 Å². The summed E-state index contributed by atoms with van der Waals surface area (Å²) in [6.07, 6.45) is 0.694. The molecule has 2 aliphatic rings. The Morgan fingerprint density at radius 2 is 2.23 bits per heavy atom. The summed E-state index contributed by atoms with van der Waals surface area (Å²) in [6, 6.07) is 7.42. The summed E-state index contributed by atoms with van der Waals surface area (Å²) in [7, 11) is 0. The molecule has 0 radical (unpaired) electrons. The highest BCUT2D eigenvalue weighted by Crippen LogP contribution is 2.31. The topological polar surface area (TPSA) is 53.9 Å². The van der Waals surface area contributed by atoms with E-state index in [-0.39, 0.29) is 23.5 Å². The Labute approximate surface area is 159 Å². The first kappa shape index (κ1) is 18.8. The Hall–Kier alpha value is -2.03. The second-order valence-corrected chi connectivity index (χ2v) is 8.37. The summed E-state index contributed by atoms with van der Waals surface area (Å²) in [4.78, 5) is 19.8. The zero-order chi connectivity index (χ0) is 18.7. The van der Waals surface area contributed by atoms with Crippen LogP contribution < -0.4 is 5.32 Å². The predicted molar refractivity (Wildman–Crippen MR) is 103 cm³/mol. The third-order valence-corrected chi connectivity index (χ3v) is 4.60. The SMILES string of the molecule is CC(C)(C)CNC(=O)CN1CCC2C(C#Cc3cccc(Cl)c3)=NOC21. The van der Waals surface area contributed by atoms with E-state index in [1.165, 1.54) is 0 Å². The van der Waals surface area contributed by atoms with Gasteiger partial charge in [0.25, 0.3) is 0 Å². The first-order valence-electron chi connectivity index (χ1n) is 8.84. The van der Waals surface area contributed by atoms with E-state index in [2.05, 4.69) is 43.1 Å². The van der Waals surface area contributed by atoms with Gasteiger partial charge in [0, 0.05) is 23.7 Å². The van der Waals surface area contributed by atoms with Crippen LogP contribution in [0.1, 0.15) is 32.8 Å². The van der Waals surface area contributed by atoms with Crippen LogP contribution in [-0.2, 0) is 9.63 Å². The van der Waals surface area contributed by atoms with Crippen molar-refractivity contribution in [2.75, 3.05) is 19.6 Å². The van der Waals surface area contributed by atoms with Gasteiger partial charge < -0.3 is 10.2 Å². The summed E-state index contributed by atoms with van der Waals surface area (Å²) >= 11 is 5.98. The van der Waals surface area contributed by atoms with Gasteiger partial charge in [0.15, 0.2) is 6.23 Å².